The number of hydrogen-bond donors (Lipinski definition) is 4. The van der Waals surface area contributed by atoms with Crippen LogP contribution in [0.25, 0.3) is 0 Å². The summed E-state index contributed by atoms with van der Waals surface area (Å²) in [6, 6.07) is 2.59. The number of carboxylic acid groups (broad SMARTS) is 2. The van der Waals surface area contributed by atoms with E-state index in [-0.39, 0.29) is 41.8 Å². The molecule has 0 aliphatic carbocycles. The van der Waals surface area contributed by atoms with E-state index in [4.69, 9.17) is 15.7 Å². The fourth-order valence-corrected chi connectivity index (χ4v) is 6.72. The zero-order chi connectivity index (χ0) is 28.8. The molecule has 13 nitrogen and oxygen atoms in total. The largest absolute Gasteiger partial charge is 0.481 e. The molecule has 2 amide bonds. The topological polar surface area (TPSA) is 188 Å². The highest BCUT2D eigenvalue weighted by molar-refractivity contribution is 8.01. The second kappa shape index (κ2) is 13.1. The number of rotatable bonds is 13. The lowest BCUT2D eigenvalue weighted by Crippen LogP contribution is -2.71. The zero-order valence-electron chi connectivity index (χ0n) is 20.7. The van der Waals surface area contributed by atoms with Crippen molar-refractivity contribution < 1.29 is 43.2 Å². The molecule has 0 aromatic carbocycles. The number of thiazole rings is 1. The first kappa shape index (κ1) is 29.3. The quantitative estimate of drug-likeness (QED) is 0.0624. The number of nitrogens with zero attached hydrogens (tertiary/aromatic N) is 4. The second-order valence-electron chi connectivity index (χ2n) is 8.36. The fraction of sp³-hybridized carbons (Fsp3) is 0.348. The number of hydrogen-bond acceptors (Lipinski definition) is 11. The first-order valence-corrected chi connectivity index (χ1v) is 14.6. The van der Waals surface area contributed by atoms with Crippen LogP contribution in [-0.4, -0.2) is 85.8 Å². The van der Waals surface area contributed by atoms with Crippen molar-refractivity contribution in [1.82, 2.24) is 15.2 Å². The summed E-state index contributed by atoms with van der Waals surface area (Å²) in [5.41, 5.74) is 5.88. The van der Waals surface area contributed by atoms with Crippen molar-refractivity contribution in [2.24, 2.45) is 5.16 Å². The molecule has 0 bridgehead atoms. The summed E-state index contributed by atoms with van der Waals surface area (Å²) in [4.78, 5) is 60.0. The number of aliphatic carboxylic acids is 2. The van der Waals surface area contributed by atoms with Crippen molar-refractivity contribution in [3.05, 3.63) is 46.9 Å². The predicted octanol–water partition coefficient (Wildman–Crippen LogP) is 0.709. The number of nitrogen functional groups attached to an aromatic ring is 1. The number of halogens is 1. The van der Waals surface area contributed by atoms with E-state index in [0.717, 1.165) is 16.2 Å². The van der Waals surface area contributed by atoms with E-state index < -0.39 is 41.8 Å². The molecular weight excluding hydrogens is 587 g/mol. The molecule has 40 heavy (non-hydrogen) atoms. The third-order valence-electron chi connectivity index (χ3n) is 5.70. The van der Waals surface area contributed by atoms with E-state index in [1.807, 2.05) is 0 Å². The van der Waals surface area contributed by atoms with Gasteiger partial charge in [0, 0.05) is 33.9 Å². The average Bonchev–Trinajstić information content (AvgIpc) is 3.36. The number of aromatic nitrogens is 2. The Labute approximate surface area is 239 Å². The van der Waals surface area contributed by atoms with Gasteiger partial charge < -0.3 is 26.1 Å². The number of nitrogens with one attached hydrogen (secondary N) is 1. The number of carboxylic acids is 2. The van der Waals surface area contributed by atoms with E-state index in [1.165, 1.54) is 33.8 Å². The van der Waals surface area contributed by atoms with Crippen molar-refractivity contribution in [3.8, 4) is 0 Å². The molecule has 0 spiro atoms. The summed E-state index contributed by atoms with van der Waals surface area (Å²) in [5, 5.41) is 25.9. The number of carbonyl (C=O) groups is 4. The molecule has 2 aliphatic heterocycles. The van der Waals surface area contributed by atoms with Gasteiger partial charge in [-0.1, -0.05) is 5.16 Å². The van der Waals surface area contributed by atoms with Crippen molar-refractivity contribution >= 4 is 69.5 Å². The standard InChI is InChI=1S/C23H23FN6O7S3/c24-4-7-29-5-1-13(2-6-29)38-9-12-10-39-21-17(20(34)30(21)18(12)22(35)36)27-19(33)16(14-11-40-23(25)26-14)28-37-8-3-15(31)32/h1-2,5-6,11,17,21H,3-4,7-10H2,(H4-,25,26,27,31,32,33,35,36)/p+1/b28-16-/t17-,21-/m1/s1. The first-order chi connectivity index (χ1) is 19.2. The molecule has 5 N–H and O–H groups in total. The Balaban J connectivity index is 1.45. The van der Waals surface area contributed by atoms with Crippen LogP contribution in [0.5, 0.6) is 0 Å². The maximum Gasteiger partial charge on any atom is 0.352 e. The zero-order valence-corrected chi connectivity index (χ0v) is 23.1. The van der Waals surface area contributed by atoms with Crippen LogP contribution in [0, 0.1) is 0 Å². The Morgan fingerprint density at radius 1 is 1.32 bits per heavy atom. The Bertz CT molecular complexity index is 1370. The van der Waals surface area contributed by atoms with Crippen LogP contribution in [0.15, 0.2) is 51.2 Å². The number of pyridine rings is 1. The molecule has 4 heterocycles. The Morgan fingerprint density at radius 2 is 2.08 bits per heavy atom. The maximum atomic E-state index is 13.1. The number of amides is 2. The molecule has 0 radical (unpaired) electrons. The molecule has 1 saturated heterocycles. The Kier molecular flexibility index (Phi) is 9.59. The number of β-lactam (4-membered cyclic amide) rings is 1. The normalized spacial score (nSPS) is 18.7. The van der Waals surface area contributed by atoms with E-state index >= 15 is 0 Å². The predicted molar refractivity (Wildman–Crippen MR) is 144 cm³/mol. The lowest BCUT2D eigenvalue weighted by Gasteiger charge is -2.49. The lowest BCUT2D eigenvalue weighted by molar-refractivity contribution is -0.697. The first-order valence-electron chi connectivity index (χ1n) is 11.7. The van der Waals surface area contributed by atoms with Crippen LogP contribution in [0.1, 0.15) is 12.1 Å². The van der Waals surface area contributed by atoms with Crippen LogP contribution in [0.2, 0.25) is 0 Å². The Morgan fingerprint density at radius 3 is 2.70 bits per heavy atom. The highest BCUT2D eigenvalue weighted by Gasteiger charge is 2.54. The van der Waals surface area contributed by atoms with Gasteiger partial charge in [0.25, 0.3) is 11.8 Å². The number of anilines is 1. The summed E-state index contributed by atoms with van der Waals surface area (Å²) in [6.45, 7) is -0.534. The molecule has 1 fully saturated rings. The average molecular weight is 612 g/mol. The van der Waals surface area contributed by atoms with E-state index in [0.29, 0.717) is 17.1 Å². The Hall–Kier alpha value is -3.70. The number of nitrogens with two attached hydrogens (primary N) is 1. The van der Waals surface area contributed by atoms with Crippen molar-refractivity contribution in [2.45, 2.75) is 29.3 Å². The minimum absolute atomic E-state index is 0.0804. The van der Waals surface area contributed by atoms with Gasteiger partial charge in [-0.15, -0.1) is 34.9 Å². The van der Waals surface area contributed by atoms with Crippen molar-refractivity contribution in [1.29, 1.82) is 0 Å². The molecule has 2 aromatic rings. The van der Waals surface area contributed by atoms with Crippen LogP contribution < -0.4 is 15.6 Å². The monoisotopic (exact) mass is 611 g/mol. The van der Waals surface area contributed by atoms with Gasteiger partial charge in [-0.3, -0.25) is 19.3 Å². The van der Waals surface area contributed by atoms with Gasteiger partial charge in [0.2, 0.25) is 0 Å². The van der Waals surface area contributed by atoms with Gasteiger partial charge in [0.15, 0.2) is 29.8 Å². The molecule has 0 unspecified atom stereocenters. The molecule has 2 atom stereocenters. The van der Waals surface area contributed by atoms with E-state index in [9.17, 15) is 28.7 Å². The molecule has 0 saturated carbocycles. The molecule has 2 aliphatic rings. The third kappa shape index (κ3) is 6.71. The molecular formula is C23H24FN6O7S3+. The molecule has 4 rings (SSSR count). The SMILES string of the molecule is Nc1nc(/C(=N/OCCC(=O)O)C(=O)N[C@@H]2C(=O)N3C(C(=O)O)=C(CSc4cc[n+](CCF)cc4)CS[C@H]23)cs1. The van der Waals surface area contributed by atoms with Crippen LogP contribution in [0.4, 0.5) is 9.52 Å². The van der Waals surface area contributed by atoms with Gasteiger partial charge in [-0.25, -0.2) is 18.7 Å². The summed E-state index contributed by atoms with van der Waals surface area (Å²) in [7, 11) is 0. The maximum absolute atomic E-state index is 13.1. The van der Waals surface area contributed by atoms with Gasteiger partial charge in [-0.05, 0) is 5.57 Å². The van der Waals surface area contributed by atoms with Gasteiger partial charge in [0.1, 0.15) is 36.1 Å². The van der Waals surface area contributed by atoms with Crippen LogP contribution >= 0.6 is 34.9 Å². The summed E-state index contributed by atoms with van der Waals surface area (Å²) < 4.78 is 14.2. The van der Waals surface area contributed by atoms with Gasteiger partial charge in [0.05, 0.1) is 6.42 Å². The minimum atomic E-state index is -1.25. The van der Waals surface area contributed by atoms with Gasteiger partial charge in [-0.2, -0.15) is 0 Å². The van der Waals surface area contributed by atoms with Crippen molar-refractivity contribution in [2.75, 3.05) is 30.5 Å². The third-order valence-corrected chi connectivity index (χ3v) is 8.81. The fourth-order valence-electron chi connectivity index (χ4n) is 3.80. The number of aryl methyl sites for hydroxylation is 1. The minimum Gasteiger partial charge on any atom is -0.481 e. The smallest absolute Gasteiger partial charge is 0.352 e. The molecule has 212 valence electrons. The summed E-state index contributed by atoms with van der Waals surface area (Å²) >= 11 is 3.76. The van der Waals surface area contributed by atoms with E-state index in [1.54, 1.807) is 29.1 Å². The van der Waals surface area contributed by atoms with Crippen molar-refractivity contribution in [3.63, 3.8) is 0 Å². The second-order valence-corrected chi connectivity index (χ2v) is 11.4. The highest BCUT2D eigenvalue weighted by Crippen LogP contribution is 2.41. The molecule has 17 heteroatoms. The number of thioether (sulfide) groups is 2. The van der Waals surface area contributed by atoms with Crippen LogP contribution in [0.3, 0.4) is 0 Å². The van der Waals surface area contributed by atoms with Gasteiger partial charge >= 0.3 is 11.9 Å². The number of carbonyl (C=O) groups excluding carboxylic acids is 2. The summed E-state index contributed by atoms with van der Waals surface area (Å²) in [5.74, 6) is -3.12. The number of oxime groups is 1. The lowest BCUT2D eigenvalue weighted by atomic mass is 10.0. The highest BCUT2D eigenvalue weighted by atomic mass is 32.2. The van der Waals surface area contributed by atoms with E-state index in [2.05, 4.69) is 15.5 Å². The summed E-state index contributed by atoms with van der Waals surface area (Å²) in [6.07, 6.45) is 3.13. The number of fused-ring (bicyclic) bond motifs is 1. The van der Waals surface area contributed by atoms with Crippen LogP contribution in [-0.2, 0) is 30.6 Å². The molecule has 2 aromatic heterocycles. The number of alkyl halides is 1.